The Labute approximate surface area is 240 Å². The molecule has 1 amide bonds. The lowest BCUT2D eigenvalue weighted by Gasteiger charge is -2.30. The number of pyridine rings is 1. The van der Waals surface area contributed by atoms with E-state index in [1.54, 1.807) is 28.0 Å². The molecule has 2 aromatic carbocycles. The summed E-state index contributed by atoms with van der Waals surface area (Å²) in [5.41, 5.74) is 3.25. The maximum atomic E-state index is 13.1. The number of hydrogen-bond donors (Lipinski definition) is 1. The second-order valence-electron chi connectivity index (χ2n) is 10.6. The summed E-state index contributed by atoms with van der Waals surface area (Å²) in [6.07, 6.45) is 1.91. The molecule has 0 aliphatic carbocycles. The largest absolute Gasteiger partial charge is 0.378 e. The molecule has 1 N–H and O–H groups in total. The highest BCUT2D eigenvalue weighted by Crippen LogP contribution is 2.41. The topological polar surface area (TPSA) is 88.4 Å². The number of carbonyl (C=O) groups is 1. The van der Waals surface area contributed by atoms with Crippen LogP contribution in [0.1, 0.15) is 6.92 Å². The SMILES string of the molecule is CC1CN(CC(=O)Nc2ccc3sc4c(-c5cccn6c(=O)cc(N7CCOCC7)nc56)cccc4c3c2)CCO1. The zero-order chi connectivity index (χ0) is 27.9. The van der Waals surface area contributed by atoms with Crippen LogP contribution in [0.4, 0.5) is 11.5 Å². The Balaban J connectivity index is 1.25. The van der Waals surface area contributed by atoms with E-state index < -0.39 is 0 Å². The molecule has 0 spiro atoms. The van der Waals surface area contributed by atoms with Gasteiger partial charge in [0.2, 0.25) is 5.91 Å². The average molecular weight is 570 g/mol. The van der Waals surface area contributed by atoms with E-state index in [0.29, 0.717) is 50.9 Å². The number of ether oxygens (including phenoxy) is 2. The summed E-state index contributed by atoms with van der Waals surface area (Å²) < 4.78 is 15.0. The van der Waals surface area contributed by atoms with Crippen molar-refractivity contribution in [3.05, 3.63) is 71.1 Å². The van der Waals surface area contributed by atoms with Crippen molar-refractivity contribution in [2.45, 2.75) is 13.0 Å². The van der Waals surface area contributed by atoms with Gasteiger partial charge in [0.05, 0.1) is 32.5 Å². The normalized spacial score (nSPS) is 18.4. The van der Waals surface area contributed by atoms with Gasteiger partial charge in [0, 0.05) is 75.4 Å². The number of nitrogens with one attached hydrogen (secondary N) is 1. The molecule has 1 atom stereocenters. The number of amides is 1. The first-order chi connectivity index (χ1) is 20.0. The van der Waals surface area contributed by atoms with Gasteiger partial charge in [-0.05, 0) is 37.3 Å². The van der Waals surface area contributed by atoms with E-state index in [9.17, 15) is 9.59 Å². The molecular formula is C31H31N5O4S. The lowest BCUT2D eigenvalue weighted by atomic mass is 10.0. The van der Waals surface area contributed by atoms with Gasteiger partial charge >= 0.3 is 0 Å². The Morgan fingerprint density at radius 2 is 1.88 bits per heavy atom. The minimum atomic E-state index is -0.103. The van der Waals surface area contributed by atoms with E-state index in [1.807, 2.05) is 31.2 Å². The molecule has 2 aliphatic heterocycles. The van der Waals surface area contributed by atoms with E-state index in [4.69, 9.17) is 14.5 Å². The number of morpholine rings is 2. The van der Waals surface area contributed by atoms with Gasteiger partial charge in [-0.25, -0.2) is 4.98 Å². The predicted octanol–water partition coefficient (Wildman–Crippen LogP) is 4.23. The lowest BCUT2D eigenvalue weighted by Crippen LogP contribution is -2.44. The number of benzene rings is 2. The first kappa shape index (κ1) is 26.1. The summed E-state index contributed by atoms with van der Waals surface area (Å²) in [5, 5.41) is 5.28. The monoisotopic (exact) mass is 569 g/mol. The number of thiophene rings is 1. The first-order valence-corrected chi connectivity index (χ1v) is 14.8. The number of hydrogen-bond acceptors (Lipinski definition) is 8. The van der Waals surface area contributed by atoms with Gasteiger partial charge in [-0.15, -0.1) is 11.3 Å². The third kappa shape index (κ3) is 5.08. The van der Waals surface area contributed by atoms with Crippen molar-refractivity contribution in [1.82, 2.24) is 14.3 Å². The molecule has 10 heteroatoms. The third-order valence-corrected chi connectivity index (χ3v) is 9.00. The second-order valence-corrected chi connectivity index (χ2v) is 11.7. The molecule has 0 saturated carbocycles. The van der Waals surface area contributed by atoms with Crippen LogP contribution in [0.25, 0.3) is 36.9 Å². The summed E-state index contributed by atoms with van der Waals surface area (Å²) in [4.78, 5) is 35.2. The van der Waals surface area contributed by atoms with Crippen LogP contribution in [0.15, 0.2) is 65.6 Å². The molecule has 2 aliphatic rings. The van der Waals surface area contributed by atoms with Crippen LogP contribution in [-0.2, 0) is 14.3 Å². The van der Waals surface area contributed by atoms with Crippen LogP contribution < -0.4 is 15.8 Å². The van der Waals surface area contributed by atoms with E-state index in [1.165, 1.54) is 0 Å². The molecule has 1 unspecified atom stereocenters. The Kier molecular flexibility index (Phi) is 6.91. The molecule has 0 radical (unpaired) electrons. The minimum Gasteiger partial charge on any atom is -0.378 e. The summed E-state index contributed by atoms with van der Waals surface area (Å²) in [5.74, 6) is 0.656. The molecule has 7 rings (SSSR count). The Bertz CT molecular complexity index is 1830. The Hall–Kier alpha value is -3.83. The zero-order valence-corrected chi connectivity index (χ0v) is 23.7. The maximum Gasteiger partial charge on any atom is 0.259 e. The highest BCUT2D eigenvalue weighted by molar-refractivity contribution is 7.26. The molecule has 0 bridgehead atoms. The Morgan fingerprint density at radius 3 is 2.73 bits per heavy atom. The van der Waals surface area contributed by atoms with E-state index >= 15 is 0 Å². The Morgan fingerprint density at radius 1 is 1.02 bits per heavy atom. The average Bonchev–Trinajstić information content (AvgIpc) is 3.35. The minimum absolute atomic E-state index is 0.0259. The summed E-state index contributed by atoms with van der Waals surface area (Å²) in [6, 6.07) is 17.9. The molecule has 2 saturated heterocycles. The smallest absolute Gasteiger partial charge is 0.259 e. The van der Waals surface area contributed by atoms with Gasteiger partial charge < -0.3 is 19.7 Å². The predicted molar refractivity (Wildman–Crippen MR) is 163 cm³/mol. The number of rotatable bonds is 5. The number of anilines is 2. The van der Waals surface area contributed by atoms with Gasteiger partial charge in [0.1, 0.15) is 11.5 Å². The quantitative estimate of drug-likeness (QED) is 0.339. The molecule has 3 aromatic heterocycles. The van der Waals surface area contributed by atoms with Crippen molar-refractivity contribution in [1.29, 1.82) is 0 Å². The fourth-order valence-electron chi connectivity index (χ4n) is 5.80. The summed E-state index contributed by atoms with van der Waals surface area (Å²) in [7, 11) is 0. The summed E-state index contributed by atoms with van der Waals surface area (Å²) in [6.45, 7) is 7.22. The molecule has 9 nitrogen and oxygen atoms in total. The highest BCUT2D eigenvalue weighted by atomic mass is 32.1. The van der Waals surface area contributed by atoms with Crippen LogP contribution in [-0.4, -0.2) is 78.8 Å². The molecule has 5 heterocycles. The maximum absolute atomic E-state index is 13.1. The third-order valence-electron chi connectivity index (χ3n) is 7.78. The number of aromatic nitrogens is 2. The van der Waals surface area contributed by atoms with Gasteiger partial charge in [0.15, 0.2) is 0 Å². The van der Waals surface area contributed by atoms with Gasteiger partial charge in [-0.3, -0.25) is 18.9 Å². The van der Waals surface area contributed by atoms with Crippen LogP contribution in [0.3, 0.4) is 0 Å². The van der Waals surface area contributed by atoms with Crippen molar-refractivity contribution in [3.8, 4) is 11.1 Å². The first-order valence-electron chi connectivity index (χ1n) is 14.0. The molecule has 5 aromatic rings. The van der Waals surface area contributed by atoms with Crippen molar-refractivity contribution < 1.29 is 14.3 Å². The van der Waals surface area contributed by atoms with Crippen LogP contribution in [0.2, 0.25) is 0 Å². The number of fused-ring (bicyclic) bond motifs is 4. The second kappa shape index (κ2) is 10.9. The van der Waals surface area contributed by atoms with E-state index in [0.717, 1.165) is 50.1 Å². The van der Waals surface area contributed by atoms with E-state index in [-0.39, 0.29) is 17.6 Å². The van der Waals surface area contributed by atoms with Gasteiger partial charge in [-0.1, -0.05) is 18.2 Å². The molecular weight excluding hydrogens is 538 g/mol. The highest BCUT2D eigenvalue weighted by Gasteiger charge is 2.20. The van der Waals surface area contributed by atoms with Crippen LogP contribution in [0, 0.1) is 0 Å². The summed E-state index contributed by atoms with van der Waals surface area (Å²) >= 11 is 1.71. The molecule has 210 valence electrons. The van der Waals surface area contributed by atoms with Crippen LogP contribution >= 0.6 is 11.3 Å². The fraction of sp³-hybridized carbons (Fsp3) is 0.323. The fourth-order valence-corrected chi connectivity index (χ4v) is 7.01. The molecule has 2 fully saturated rings. The standard InChI is InChI=1S/C31H31N5O4S/c1-20-18-34(10-15-40-20)19-28(37)32-21-7-8-26-25(16-21)23-5-2-4-22(30(23)41-26)24-6-3-9-36-29(38)17-27(33-31(24)36)35-11-13-39-14-12-35/h2-9,16-17,20H,10-15,18-19H2,1H3,(H,32,37). The van der Waals surface area contributed by atoms with Crippen LogP contribution in [0.5, 0.6) is 0 Å². The van der Waals surface area contributed by atoms with E-state index in [2.05, 4.69) is 39.4 Å². The van der Waals surface area contributed by atoms with Crippen molar-refractivity contribution in [2.24, 2.45) is 0 Å². The van der Waals surface area contributed by atoms with Crippen molar-refractivity contribution >= 4 is 54.6 Å². The number of carbonyl (C=O) groups excluding carboxylic acids is 1. The van der Waals surface area contributed by atoms with Gasteiger partial charge in [0.25, 0.3) is 5.56 Å². The zero-order valence-electron chi connectivity index (χ0n) is 22.8. The van der Waals surface area contributed by atoms with Crippen molar-refractivity contribution in [3.63, 3.8) is 0 Å². The lowest BCUT2D eigenvalue weighted by molar-refractivity contribution is -0.119. The van der Waals surface area contributed by atoms with Gasteiger partial charge in [-0.2, -0.15) is 0 Å². The molecule has 41 heavy (non-hydrogen) atoms. The number of nitrogens with zero attached hydrogens (tertiary/aromatic N) is 4. The van der Waals surface area contributed by atoms with Crippen molar-refractivity contribution in [2.75, 3.05) is 62.8 Å².